The fraction of sp³-hybridized carbons (Fsp3) is 0.533. The predicted octanol–water partition coefficient (Wildman–Crippen LogP) is 0.710. The standard InChI is InChI=1S/C15H22FN3O2/c1-21-11-6-17-12-15(20)19-9-7-18(8-10-19)14-5-3-2-4-13(14)16/h2-5,17H,6-12H2,1H3. The Bertz CT molecular complexity index is 462. The Morgan fingerprint density at radius 3 is 2.67 bits per heavy atom. The Hall–Kier alpha value is -1.66. The Balaban J connectivity index is 1.78. The molecule has 2 rings (SSSR count). The maximum Gasteiger partial charge on any atom is 0.236 e. The van der Waals surface area contributed by atoms with Crippen molar-refractivity contribution in [3.63, 3.8) is 0 Å². The zero-order valence-electron chi connectivity index (χ0n) is 12.3. The molecule has 1 N–H and O–H groups in total. The van der Waals surface area contributed by atoms with E-state index in [0.29, 0.717) is 51.6 Å². The number of ether oxygens (including phenoxy) is 1. The van der Waals surface area contributed by atoms with Crippen molar-refractivity contribution in [1.29, 1.82) is 0 Å². The highest BCUT2D eigenvalue weighted by atomic mass is 19.1. The number of halogens is 1. The van der Waals surface area contributed by atoms with Crippen LogP contribution in [0.1, 0.15) is 0 Å². The van der Waals surface area contributed by atoms with Gasteiger partial charge in [-0.25, -0.2) is 4.39 Å². The highest BCUT2D eigenvalue weighted by Gasteiger charge is 2.22. The summed E-state index contributed by atoms with van der Waals surface area (Å²) in [6.45, 7) is 4.14. The van der Waals surface area contributed by atoms with Crippen molar-refractivity contribution < 1.29 is 13.9 Å². The lowest BCUT2D eigenvalue weighted by Crippen LogP contribution is -2.51. The molecular weight excluding hydrogens is 273 g/mol. The molecule has 1 amide bonds. The second kappa shape index (κ2) is 7.95. The number of methoxy groups -OCH3 is 1. The van der Waals surface area contributed by atoms with Gasteiger partial charge in [-0.2, -0.15) is 0 Å². The van der Waals surface area contributed by atoms with Crippen molar-refractivity contribution in [2.45, 2.75) is 0 Å². The first kappa shape index (κ1) is 15.7. The predicted molar refractivity (Wildman–Crippen MR) is 79.9 cm³/mol. The fourth-order valence-electron chi connectivity index (χ4n) is 2.39. The number of carbonyl (C=O) groups is 1. The van der Waals surface area contributed by atoms with Crippen LogP contribution in [0, 0.1) is 5.82 Å². The molecule has 0 saturated carbocycles. The Morgan fingerprint density at radius 1 is 1.29 bits per heavy atom. The van der Waals surface area contributed by atoms with Crippen LogP contribution in [0.3, 0.4) is 0 Å². The quantitative estimate of drug-likeness (QED) is 0.785. The minimum absolute atomic E-state index is 0.0827. The van der Waals surface area contributed by atoms with E-state index in [0.717, 1.165) is 0 Å². The van der Waals surface area contributed by atoms with Gasteiger partial charge in [0.05, 0.1) is 18.8 Å². The second-order valence-corrected chi connectivity index (χ2v) is 4.99. The SMILES string of the molecule is COCCNCC(=O)N1CCN(c2ccccc2F)CC1. The summed E-state index contributed by atoms with van der Waals surface area (Å²) in [7, 11) is 1.63. The normalized spacial score (nSPS) is 15.3. The van der Waals surface area contributed by atoms with E-state index < -0.39 is 0 Å². The highest BCUT2D eigenvalue weighted by Crippen LogP contribution is 2.19. The van der Waals surface area contributed by atoms with E-state index >= 15 is 0 Å². The lowest BCUT2D eigenvalue weighted by Gasteiger charge is -2.36. The summed E-state index contributed by atoms with van der Waals surface area (Å²) in [6, 6.07) is 6.76. The van der Waals surface area contributed by atoms with Crippen LogP contribution in [0.4, 0.5) is 10.1 Å². The number of amides is 1. The molecule has 5 nitrogen and oxygen atoms in total. The van der Waals surface area contributed by atoms with Crippen molar-refractivity contribution in [3.05, 3.63) is 30.1 Å². The molecule has 0 spiro atoms. The topological polar surface area (TPSA) is 44.8 Å². The first-order valence-corrected chi connectivity index (χ1v) is 7.19. The molecule has 0 bridgehead atoms. The van der Waals surface area contributed by atoms with E-state index in [9.17, 15) is 9.18 Å². The van der Waals surface area contributed by atoms with Gasteiger partial charge in [-0.1, -0.05) is 12.1 Å². The van der Waals surface area contributed by atoms with Crippen molar-refractivity contribution in [3.8, 4) is 0 Å². The molecule has 0 atom stereocenters. The molecule has 1 saturated heterocycles. The van der Waals surface area contributed by atoms with E-state index in [1.54, 1.807) is 19.2 Å². The van der Waals surface area contributed by atoms with Crippen molar-refractivity contribution >= 4 is 11.6 Å². The molecule has 116 valence electrons. The number of para-hydroxylation sites is 1. The third-order valence-corrected chi connectivity index (χ3v) is 3.58. The van der Waals surface area contributed by atoms with Gasteiger partial charge in [-0.3, -0.25) is 4.79 Å². The molecule has 1 fully saturated rings. The Morgan fingerprint density at radius 2 is 2.00 bits per heavy atom. The van der Waals surface area contributed by atoms with Crippen LogP contribution in [0.15, 0.2) is 24.3 Å². The van der Waals surface area contributed by atoms with Gasteiger partial charge in [-0.15, -0.1) is 0 Å². The first-order chi connectivity index (χ1) is 10.2. The monoisotopic (exact) mass is 295 g/mol. The number of benzene rings is 1. The fourth-order valence-corrected chi connectivity index (χ4v) is 2.39. The molecule has 1 aliphatic heterocycles. The average molecular weight is 295 g/mol. The Labute approximate surface area is 124 Å². The maximum absolute atomic E-state index is 13.7. The van der Waals surface area contributed by atoms with Gasteiger partial charge in [0, 0.05) is 39.8 Å². The van der Waals surface area contributed by atoms with Gasteiger partial charge >= 0.3 is 0 Å². The molecular formula is C15H22FN3O2. The lowest BCUT2D eigenvalue weighted by atomic mass is 10.2. The largest absolute Gasteiger partial charge is 0.383 e. The molecule has 0 unspecified atom stereocenters. The van der Waals surface area contributed by atoms with Crippen LogP contribution in [-0.4, -0.2) is 63.8 Å². The number of piperazine rings is 1. The van der Waals surface area contributed by atoms with Gasteiger partial charge in [0.2, 0.25) is 5.91 Å². The number of carbonyl (C=O) groups excluding carboxylic acids is 1. The average Bonchev–Trinajstić information content (AvgIpc) is 2.52. The zero-order chi connectivity index (χ0) is 15.1. The van der Waals surface area contributed by atoms with Crippen molar-refractivity contribution in [2.24, 2.45) is 0 Å². The van der Waals surface area contributed by atoms with Crippen LogP contribution < -0.4 is 10.2 Å². The summed E-state index contributed by atoms with van der Waals surface area (Å²) in [5.41, 5.74) is 0.614. The number of nitrogens with one attached hydrogen (secondary N) is 1. The van der Waals surface area contributed by atoms with Gasteiger partial charge < -0.3 is 19.9 Å². The van der Waals surface area contributed by atoms with E-state index in [1.165, 1.54) is 6.07 Å². The summed E-state index contributed by atoms with van der Waals surface area (Å²) < 4.78 is 18.6. The van der Waals surface area contributed by atoms with Crippen LogP contribution >= 0.6 is 0 Å². The first-order valence-electron chi connectivity index (χ1n) is 7.19. The number of anilines is 1. The highest BCUT2D eigenvalue weighted by molar-refractivity contribution is 5.78. The molecule has 1 aromatic carbocycles. The van der Waals surface area contributed by atoms with E-state index in [-0.39, 0.29) is 11.7 Å². The van der Waals surface area contributed by atoms with E-state index in [2.05, 4.69) is 5.32 Å². The van der Waals surface area contributed by atoms with Gasteiger partial charge in [0.25, 0.3) is 0 Å². The number of nitrogens with zero attached hydrogens (tertiary/aromatic N) is 2. The van der Waals surface area contributed by atoms with E-state index in [1.807, 2.05) is 15.9 Å². The molecule has 1 heterocycles. The van der Waals surface area contributed by atoms with Crippen LogP contribution in [0.2, 0.25) is 0 Å². The minimum atomic E-state index is -0.210. The zero-order valence-corrected chi connectivity index (χ0v) is 12.3. The van der Waals surface area contributed by atoms with Gasteiger partial charge in [-0.05, 0) is 12.1 Å². The molecule has 6 heteroatoms. The Kier molecular flexibility index (Phi) is 5.95. The number of rotatable bonds is 6. The van der Waals surface area contributed by atoms with Crippen LogP contribution in [0.25, 0.3) is 0 Å². The van der Waals surface area contributed by atoms with Crippen LogP contribution in [0.5, 0.6) is 0 Å². The summed E-state index contributed by atoms with van der Waals surface area (Å²) in [5.74, 6) is -0.127. The molecule has 1 aliphatic rings. The molecule has 1 aromatic rings. The summed E-state index contributed by atoms with van der Waals surface area (Å²) in [5, 5.41) is 3.05. The van der Waals surface area contributed by atoms with E-state index in [4.69, 9.17) is 4.74 Å². The maximum atomic E-state index is 13.7. The molecule has 21 heavy (non-hydrogen) atoms. The molecule has 0 aromatic heterocycles. The van der Waals surface area contributed by atoms with Gasteiger partial charge in [0.15, 0.2) is 0 Å². The number of hydrogen-bond donors (Lipinski definition) is 1. The third kappa shape index (κ3) is 4.41. The smallest absolute Gasteiger partial charge is 0.236 e. The summed E-state index contributed by atoms with van der Waals surface area (Å²) in [4.78, 5) is 15.8. The minimum Gasteiger partial charge on any atom is -0.383 e. The second-order valence-electron chi connectivity index (χ2n) is 4.99. The van der Waals surface area contributed by atoms with Crippen LogP contribution in [-0.2, 0) is 9.53 Å². The summed E-state index contributed by atoms with van der Waals surface area (Å²) >= 11 is 0. The molecule has 0 radical (unpaired) electrons. The molecule has 0 aliphatic carbocycles. The third-order valence-electron chi connectivity index (χ3n) is 3.58. The number of hydrogen-bond acceptors (Lipinski definition) is 4. The summed E-state index contributed by atoms with van der Waals surface area (Å²) in [6.07, 6.45) is 0. The van der Waals surface area contributed by atoms with Gasteiger partial charge in [0.1, 0.15) is 5.82 Å². The lowest BCUT2D eigenvalue weighted by molar-refractivity contribution is -0.130. The van der Waals surface area contributed by atoms with Crippen molar-refractivity contribution in [2.75, 3.05) is 57.9 Å². The van der Waals surface area contributed by atoms with Crippen molar-refractivity contribution in [1.82, 2.24) is 10.2 Å².